The molecule has 0 aromatic heterocycles. The molecule has 0 spiro atoms. The second-order valence-corrected chi connectivity index (χ2v) is 5.67. The van der Waals surface area contributed by atoms with Gasteiger partial charge in [0, 0.05) is 11.6 Å². The van der Waals surface area contributed by atoms with Crippen LogP contribution in [0.3, 0.4) is 0 Å². The molecule has 0 fully saturated rings. The van der Waals surface area contributed by atoms with E-state index >= 15 is 0 Å². The van der Waals surface area contributed by atoms with Crippen molar-refractivity contribution in [1.29, 1.82) is 0 Å². The Morgan fingerprint density at radius 3 is 2.64 bits per heavy atom. The van der Waals surface area contributed by atoms with Gasteiger partial charge in [0.05, 0.1) is 0 Å². The van der Waals surface area contributed by atoms with Crippen molar-refractivity contribution in [3.05, 3.63) is 64.2 Å². The van der Waals surface area contributed by atoms with Gasteiger partial charge in [-0.15, -0.1) is 0 Å². The molecule has 4 heteroatoms. The zero-order valence-electron chi connectivity index (χ0n) is 13.0. The van der Waals surface area contributed by atoms with Crippen molar-refractivity contribution < 1.29 is 9.53 Å². The van der Waals surface area contributed by atoms with Gasteiger partial charge in [0.25, 0.3) is 5.91 Å². The van der Waals surface area contributed by atoms with Crippen molar-refractivity contribution >= 4 is 17.5 Å². The summed E-state index contributed by atoms with van der Waals surface area (Å²) in [6.07, 6.45) is -0.567. The molecular formula is C18H20ClNO2. The second kappa shape index (κ2) is 7.32. The summed E-state index contributed by atoms with van der Waals surface area (Å²) in [5, 5.41) is 3.49. The molecule has 1 N–H and O–H groups in total. The van der Waals surface area contributed by atoms with E-state index in [1.165, 1.54) is 0 Å². The van der Waals surface area contributed by atoms with Crippen LogP contribution < -0.4 is 10.1 Å². The highest BCUT2D eigenvalue weighted by molar-refractivity contribution is 6.31. The fourth-order valence-electron chi connectivity index (χ4n) is 2.06. The van der Waals surface area contributed by atoms with Crippen molar-refractivity contribution in [1.82, 2.24) is 5.32 Å². The highest BCUT2D eigenvalue weighted by Gasteiger charge is 2.16. The monoisotopic (exact) mass is 317 g/mol. The number of amides is 1. The van der Waals surface area contributed by atoms with Gasteiger partial charge in [-0.3, -0.25) is 4.79 Å². The highest BCUT2D eigenvalue weighted by atomic mass is 35.5. The van der Waals surface area contributed by atoms with Crippen molar-refractivity contribution in [3.8, 4) is 5.75 Å². The lowest BCUT2D eigenvalue weighted by Crippen LogP contribution is -2.36. The summed E-state index contributed by atoms with van der Waals surface area (Å²) in [6.45, 7) is 6.13. The summed E-state index contributed by atoms with van der Waals surface area (Å²) in [5.41, 5.74) is 3.07. The lowest BCUT2D eigenvalue weighted by atomic mass is 10.1. The molecule has 0 aliphatic heterocycles. The van der Waals surface area contributed by atoms with Gasteiger partial charge in [0.15, 0.2) is 6.10 Å². The van der Waals surface area contributed by atoms with Gasteiger partial charge < -0.3 is 10.1 Å². The number of hydrogen-bond acceptors (Lipinski definition) is 2. The fraction of sp³-hybridized carbons (Fsp3) is 0.278. The molecule has 0 heterocycles. The Labute approximate surface area is 136 Å². The lowest BCUT2D eigenvalue weighted by molar-refractivity contribution is -0.127. The number of nitrogens with one attached hydrogen (secondary N) is 1. The maximum absolute atomic E-state index is 12.1. The Kier molecular flexibility index (Phi) is 5.45. The number of benzene rings is 2. The summed E-state index contributed by atoms with van der Waals surface area (Å²) < 4.78 is 5.76. The minimum atomic E-state index is -0.567. The Morgan fingerprint density at radius 1 is 1.18 bits per heavy atom. The molecule has 1 atom stereocenters. The molecule has 2 rings (SSSR count). The molecule has 0 saturated carbocycles. The first kappa shape index (κ1) is 16.4. The van der Waals surface area contributed by atoms with Crippen LogP contribution in [0, 0.1) is 13.8 Å². The van der Waals surface area contributed by atoms with E-state index in [-0.39, 0.29) is 5.91 Å². The summed E-state index contributed by atoms with van der Waals surface area (Å²) >= 11 is 6.07. The molecule has 0 bridgehead atoms. The summed E-state index contributed by atoms with van der Waals surface area (Å²) in [4.78, 5) is 12.1. The van der Waals surface area contributed by atoms with E-state index in [0.717, 1.165) is 22.4 Å². The maximum Gasteiger partial charge on any atom is 0.261 e. The van der Waals surface area contributed by atoms with Crippen molar-refractivity contribution in [3.63, 3.8) is 0 Å². The first-order chi connectivity index (χ1) is 10.5. The van der Waals surface area contributed by atoms with Crippen LogP contribution in [-0.2, 0) is 11.3 Å². The first-order valence-electron chi connectivity index (χ1n) is 7.23. The number of carbonyl (C=O) groups excluding carboxylic acids is 1. The second-order valence-electron chi connectivity index (χ2n) is 5.27. The molecule has 1 unspecified atom stereocenters. The van der Waals surface area contributed by atoms with E-state index in [1.54, 1.807) is 13.0 Å². The number of aryl methyl sites for hydroxylation is 1. The Balaban J connectivity index is 1.95. The molecule has 0 radical (unpaired) electrons. The fourth-order valence-corrected chi connectivity index (χ4v) is 2.27. The number of rotatable bonds is 5. The zero-order chi connectivity index (χ0) is 16.1. The topological polar surface area (TPSA) is 38.3 Å². The third kappa shape index (κ3) is 4.01. The molecule has 0 aliphatic rings. The number of halogens is 1. The minimum Gasteiger partial charge on any atom is -0.481 e. The molecule has 22 heavy (non-hydrogen) atoms. The molecule has 1 amide bonds. The summed E-state index contributed by atoms with van der Waals surface area (Å²) in [7, 11) is 0. The van der Waals surface area contributed by atoms with Crippen LogP contribution in [0.1, 0.15) is 23.6 Å². The number of hydrogen-bond donors (Lipinski definition) is 1. The number of carbonyl (C=O) groups is 1. The van der Waals surface area contributed by atoms with Gasteiger partial charge in [-0.05, 0) is 49.6 Å². The predicted molar refractivity (Wildman–Crippen MR) is 89.3 cm³/mol. The van der Waals surface area contributed by atoms with Gasteiger partial charge in [0.2, 0.25) is 0 Å². The molecule has 0 saturated heterocycles. The Hall–Kier alpha value is -2.00. The summed E-state index contributed by atoms with van der Waals surface area (Å²) in [6, 6.07) is 13.3. The van der Waals surface area contributed by atoms with E-state index < -0.39 is 6.10 Å². The van der Waals surface area contributed by atoms with Gasteiger partial charge >= 0.3 is 0 Å². The predicted octanol–water partition coefficient (Wildman–Crippen LogP) is 4.04. The minimum absolute atomic E-state index is 0.166. The van der Waals surface area contributed by atoms with Gasteiger partial charge in [-0.25, -0.2) is 0 Å². The third-order valence-corrected chi connectivity index (χ3v) is 4.01. The van der Waals surface area contributed by atoms with Crippen LogP contribution in [-0.4, -0.2) is 12.0 Å². The van der Waals surface area contributed by atoms with Crippen molar-refractivity contribution in [2.24, 2.45) is 0 Å². The van der Waals surface area contributed by atoms with Crippen LogP contribution in [0.5, 0.6) is 5.75 Å². The van der Waals surface area contributed by atoms with Gasteiger partial charge in [-0.2, -0.15) is 0 Å². The van der Waals surface area contributed by atoms with E-state index in [9.17, 15) is 4.79 Å². The Bertz CT molecular complexity index is 670. The normalized spacial score (nSPS) is 11.8. The molecular weight excluding hydrogens is 298 g/mol. The van der Waals surface area contributed by atoms with Crippen LogP contribution in [0.2, 0.25) is 5.02 Å². The van der Waals surface area contributed by atoms with Crippen molar-refractivity contribution in [2.45, 2.75) is 33.4 Å². The van der Waals surface area contributed by atoms with Crippen LogP contribution >= 0.6 is 11.6 Å². The maximum atomic E-state index is 12.1. The van der Waals surface area contributed by atoms with Crippen molar-refractivity contribution in [2.75, 3.05) is 0 Å². The van der Waals surface area contributed by atoms with Crippen LogP contribution in [0.4, 0.5) is 0 Å². The summed E-state index contributed by atoms with van der Waals surface area (Å²) in [5.74, 6) is 0.571. The Morgan fingerprint density at radius 2 is 1.91 bits per heavy atom. The smallest absolute Gasteiger partial charge is 0.261 e. The zero-order valence-corrected chi connectivity index (χ0v) is 13.8. The molecule has 3 nitrogen and oxygen atoms in total. The van der Waals surface area contributed by atoms with Crippen LogP contribution in [0.15, 0.2) is 42.5 Å². The first-order valence-corrected chi connectivity index (χ1v) is 7.61. The van der Waals surface area contributed by atoms with E-state index in [2.05, 4.69) is 5.32 Å². The average Bonchev–Trinajstić information content (AvgIpc) is 2.50. The van der Waals surface area contributed by atoms with Crippen LogP contribution in [0.25, 0.3) is 0 Å². The number of ether oxygens (including phenoxy) is 1. The molecule has 2 aromatic rings. The largest absolute Gasteiger partial charge is 0.481 e. The van der Waals surface area contributed by atoms with E-state index in [4.69, 9.17) is 16.3 Å². The SMILES string of the molecule is Cc1cccc(OC(C)C(=O)NCc2ccccc2Cl)c1C. The molecule has 116 valence electrons. The average molecular weight is 318 g/mol. The lowest BCUT2D eigenvalue weighted by Gasteiger charge is -2.17. The van der Waals surface area contributed by atoms with Gasteiger partial charge in [0.1, 0.15) is 5.75 Å². The third-order valence-electron chi connectivity index (χ3n) is 3.64. The highest BCUT2D eigenvalue weighted by Crippen LogP contribution is 2.22. The standard InChI is InChI=1S/C18H20ClNO2/c1-12-7-6-10-17(13(12)2)22-14(3)18(21)20-11-15-8-4-5-9-16(15)19/h4-10,14H,11H2,1-3H3,(H,20,21). The van der Waals surface area contributed by atoms with E-state index in [1.807, 2.05) is 50.2 Å². The quantitative estimate of drug-likeness (QED) is 0.903. The molecule has 2 aromatic carbocycles. The van der Waals surface area contributed by atoms with E-state index in [0.29, 0.717) is 11.6 Å². The molecule has 0 aliphatic carbocycles. The van der Waals surface area contributed by atoms with Gasteiger partial charge in [-0.1, -0.05) is 41.9 Å².